The minimum atomic E-state index is 0.00594. The molecule has 2 heterocycles. The second-order valence-electron chi connectivity index (χ2n) is 6.11. The number of ether oxygens (including phenoxy) is 2. The number of fused-ring (bicyclic) bond motifs is 3. The molecule has 0 aliphatic rings. The number of rotatable bonds is 5. The summed E-state index contributed by atoms with van der Waals surface area (Å²) in [7, 11) is 3.13. The van der Waals surface area contributed by atoms with E-state index >= 15 is 0 Å². The molecular weight excluding hydrogens is 328 g/mol. The fourth-order valence-electron chi connectivity index (χ4n) is 3.21. The summed E-state index contributed by atoms with van der Waals surface area (Å²) >= 11 is 0. The van der Waals surface area contributed by atoms with Gasteiger partial charge in [0.1, 0.15) is 5.52 Å². The Balaban J connectivity index is 1.64. The Morgan fingerprint density at radius 3 is 2.54 bits per heavy atom. The van der Waals surface area contributed by atoms with Gasteiger partial charge in [-0.15, -0.1) is 0 Å². The molecule has 4 aromatic rings. The number of H-pyrrole nitrogens is 1. The van der Waals surface area contributed by atoms with E-state index < -0.39 is 0 Å². The minimum absolute atomic E-state index is 0.00594. The number of carbonyl (C=O) groups excluding carboxylic acids is 1. The summed E-state index contributed by atoms with van der Waals surface area (Å²) in [6, 6.07) is 15.4. The van der Waals surface area contributed by atoms with E-state index in [2.05, 4.69) is 17.1 Å². The third-order valence-electron chi connectivity index (χ3n) is 4.54. The number of aromatic nitrogens is 2. The molecule has 0 radical (unpaired) electrons. The van der Waals surface area contributed by atoms with Gasteiger partial charge in [0, 0.05) is 27.9 Å². The van der Waals surface area contributed by atoms with Crippen molar-refractivity contribution in [2.75, 3.05) is 14.2 Å². The minimum Gasteiger partial charge on any atom is -0.493 e. The first-order valence-electron chi connectivity index (χ1n) is 8.34. The molecule has 0 saturated heterocycles. The van der Waals surface area contributed by atoms with Crippen LogP contribution in [0.2, 0.25) is 0 Å². The first kappa shape index (κ1) is 16.1. The topological polar surface area (TPSA) is 55.2 Å². The van der Waals surface area contributed by atoms with E-state index in [1.807, 2.05) is 35.2 Å². The van der Waals surface area contributed by atoms with Gasteiger partial charge >= 0.3 is 0 Å². The number of carbonyl (C=O) groups is 1. The molecule has 5 nitrogen and oxygen atoms in total. The number of nitrogens with zero attached hydrogens (tertiary/aromatic N) is 1. The second-order valence-corrected chi connectivity index (χ2v) is 6.11. The van der Waals surface area contributed by atoms with Gasteiger partial charge in [0.15, 0.2) is 23.9 Å². The lowest BCUT2D eigenvalue weighted by atomic mass is 10.1. The van der Waals surface area contributed by atoms with Crippen LogP contribution in [0.1, 0.15) is 10.4 Å². The molecule has 0 spiro atoms. The summed E-state index contributed by atoms with van der Waals surface area (Å²) in [6.07, 6.45) is 3.90. The summed E-state index contributed by atoms with van der Waals surface area (Å²) < 4.78 is 12.4. The highest BCUT2D eigenvalue weighted by Crippen LogP contribution is 2.28. The van der Waals surface area contributed by atoms with Crippen LogP contribution in [0.5, 0.6) is 11.5 Å². The molecule has 0 unspecified atom stereocenters. The van der Waals surface area contributed by atoms with E-state index in [1.54, 1.807) is 32.4 Å². The molecule has 0 fully saturated rings. The van der Waals surface area contributed by atoms with E-state index in [4.69, 9.17) is 9.47 Å². The lowest BCUT2D eigenvalue weighted by molar-refractivity contribution is -0.681. The predicted octanol–water partition coefficient (Wildman–Crippen LogP) is 3.51. The molecule has 0 saturated carbocycles. The molecule has 26 heavy (non-hydrogen) atoms. The Morgan fingerprint density at radius 1 is 0.962 bits per heavy atom. The van der Waals surface area contributed by atoms with Crippen LogP contribution in [0.25, 0.3) is 21.8 Å². The van der Waals surface area contributed by atoms with Crippen molar-refractivity contribution in [3.05, 3.63) is 66.5 Å². The van der Waals surface area contributed by atoms with Gasteiger partial charge in [-0.3, -0.25) is 4.79 Å². The lowest BCUT2D eigenvalue weighted by Crippen LogP contribution is -2.37. The summed E-state index contributed by atoms with van der Waals surface area (Å²) in [4.78, 5) is 16.1. The maximum absolute atomic E-state index is 12.7. The van der Waals surface area contributed by atoms with Crippen LogP contribution in [0.3, 0.4) is 0 Å². The predicted molar refractivity (Wildman–Crippen MR) is 99.9 cm³/mol. The zero-order chi connectivity index (χ0) is 18.1. The summed E-state index contributed by atoms with van der Waals surface area (Å²) in [6.45, 7) is 0.251. The van der Waals surface area contributed by atoms with Crippen LogP contribution in [-0.4, -0.2) is 25.0 Å². The van der Waals surface area contributed by atoms with E-state index in [0.717, 1.165) is 16.4 Å². The van der Waals surface area contributed by atoms with Crippen molar-refractivity contribution in [3.8, 4) is 11.5 Å². The van der Waals surface area contributed by atoms with Crippen molar-refractivity contribution in [2.24, 2.45) is 0 Å². The first-order valence-corrected chi connectivity index (χ1v) is 8.34. The molecule has 2 aromatic carbocycles. The van der Waals surface area contributed by atoms with Gasteiger partial charge in [0.05, 0.1) is 14.2 Å². The van der Waals surface area contributed by atoms with Crippen molar-refractivity contribution in [1.82, 2.24) is 4.98 Å². The first-order chi connectivity index (χ1) is 12.7. The van der Waals surface area contributed by atoms with Gasteiger partial charge in [0.25, 0.3) is 0 Å². The normalized spacial score (nSPS) is 11.0. The number of Topliss-reactive ketones (excluding diaryl/α,β-unsaturated/α-hetero) is 1. The van der Waals surface area contributed by atoms with Crippen LogP contribution in [0, 0.1) is 0 Å². The van der Waals surface area contributed by atoms with Crippen molar-refractivity contribution >= 4 is 27.6 Å². The van der Waals surface area contributed by atoms with Crippen LogP contribution < -0.4 is 14.0 Å². The molecule has 2 aromatic heterocycles. The third-order valence-corrected chi connectivity index (χ3v) is 4.54. The lowest BCUT2D eigenvalue weighted by Gasteiger charge is -2.08. The largest absolute Gasteiger partial charge is 0.493 e. The van der Waals surface area contributed by atoms with Gasteiger partial charge in [-0.1, -0.05) is 18.2 Å². The molecule has 4 rings (SSSR count). The fourth-order valence-corrected chi connectivity index (χ4v) is 3.21. The van der Waals surface area contributed by atoms with Gasteiger partial charge in [-0.2, -0.15) is 4.57 Å². The van der Waals surface area contributed by atoms with Crippen molar-refractivity contribution < 1.29 is 18.8 Å². The summed E-state index contributed by atoms with van der Waals surface area (Å²) in [5.41, 5.74) is 2.69. The monoisotopic (exact) mass is 347 g/mol. The Labute approximate surface area is 150 Å². The number of ketones is 1. The quantitative estimate of drug-likeness (QED) is 0.444. The van der Waals surface area contributed by atoms with E-state index in [0.29, 0.717) is 17.1 Å². The fraction of sp³-hybridized carbons (Fsp3) is 0.143. The number of aromatic amines is 1. The van der Waals surface area contributed by atoms with Gasteiger partial charge in [-0.05, 0) is 24.3 Å². The van der Waals surface area contributed by atoms with Crippen LogP contribution in [0.15, 0.2) is 60.9 Å². The van der Waals surface area contributed by atoms with Crippen LogP contribution in [-0.2, 0) is 6.54 Å². The van der Waals surface area contributed by atoms with Gasteiger partial charge in [0.2, 0.25) is 12.3 Å². The van der Waals surface area contributed by atoms with Gasteiger partial charge < -0.3 is 14.5 Å². The van der Waals surface area contributed by atoms with Crippen molar-refractivity contribution in [3.63, 3.8) is 0 Å². The van der Waals surface area contributed by atoms with E-state index in [-0.39, 0.29) is 12.3 Å². The number of pyridine rings is 1. The highest BCUT2D eigenvalue weighted by Gasteiger charge is 2.16. The molecule has 5 heteroatoms. The number of benzene rings is 2. The van der Waals surface area contributed by atoms with Crippen molar-refractivity contribution in [2.45, 2.75) is 6.54 Å². The van der Waals surface area contributed by atoms with E-state index in [9.17, 15) is 4.79 Å². The molecule has 0 aliphatic carbocycles. The average Bonchev–Trinajstić information content (AvgIpc) is 3.05. The number of nitrogens with one attached hydrogen (secondary N) is 1. The Hall–Kier alpha value is -3.34. The molecule has 0 atom stereocenters. The molecular formula is C21H19N2O3+. The average molecular weight is 347 g/mol. The Morgan fingerprint density at radius 2 is 1.73 bits per heavy atom. The number of para-hydroxylation sites is 1. The van der Waals surface area contributed by atoms with E-state index in [1.165, 1.54) is 5.39 Å². The SMILES string of the molecule is COc1ccc(C(=O)C[n+]2ccc3c(c2)[nH]c2ccccc23)cc1OC. The van der Waals surface area contributed by atoms with Crippen LogP contribution in [0.4, 0.5) is 0 Å². The second kappa shape index (κ2) is 6.52. The highest BCUT2D eigenvalue weighted by molar-refractivity contribution is 6.06. The standard InChI is InChI=1S/C21H18N2O3/c1-25-20-8-7-14(11-21(20)26-2)19(24)13-23-10-9-16-15-5-3-4-6-17(15)22-18(16)12-23/h3-12H,13H2,1-2H3/p+1. The summed E-state index contributed by atoms with van der Waals surface area (Å²) in [5, 5.41) is 2.33. The number of hydrogen-bond acceptors (Lipinski definition) is 3. The molecule has 0 bridgehead atoms. The maximum Gasteiger partial charge on any atom is 0.227 e. The third kappa shape index (κ3) is 2.77. The number of methoxy groups -OCH3 is 2. The Bertz CT molecular complexity index is 1110. The zero-order valence-corrected chi connectivity index (χ0v) is 14.7. The molecule has 1 N–H and O–H groups in total. The Kier molecular flexibility index (Phi) is 4.05. The molecule has 130 valence electrons. The summed E-state index contributed by atoms with van der Waals surface area (Å²) in [5.74, 6) is 1.16. The molecule has 0 amide bonds. The van der Waals surface area contributed by atoms with Gasteiger partial charge in [-0.25, -0.2) is 0 Å². The zero-order valence-electron chi connectivity index (χ0n) is 14.7. The maximum atomic E-state index is 12.7. The smallest absolute Gasteiger partial charge is 0.227 e. The van der Waals surface area contributed by atoms with Crippen molar-refractivity contribution in [1.29, 1.82) is 0 Å². The van der Waals surface area contributed by atoms with Crippen LogP contribution >= 0.6 is 0 Å². The molecule has 0 aliphatic heterocycles. The highest BCUT2D eigenvalue weighted by atomic mass is 16.5. The number of hydrogen-bond donors (Lipinski definition) is 1.